The summed E-state index contributed by atoms with van der Waals surface area (Å²) in [6, 6.07) is 3.45. The molecular weight excluding hydrogens is 441 g/mol. The average Bonchev–Trinajstić information content (AvgIpc) is 3.25. The SMILES string of the molecule is Cn1nc(-c2ccc(S(=O)(=O)Nc3ncc(CC(=O)O)s3)s2)cc1C(F)(F)F. The number of alkyl halides is 3. The topological polar surface area (TPSA) is 114 Å². The number of aromatic nitrogens is 3. The fourth-order valence-electron chi connectivity index (χ4n) is 2.21. The normalized spacial score (nSPS) is 12.3. The van der Waals surface area contributed by atoms with Crippen LogP contribution in [-0.2, 0) is 34.5 Å². The fraction of sp³-hybridized carbons (Fsp3) is 0.214. The number of hydrogen-bond donors (Lipinski definition) is 2. The molecule has 0 saturated carbocycles. The minimum Gasteiger partial charge on any atom is -0.481 e. The number of halogens is 3. The lowest BCUT2D eigenvalue weighted by atomic mass is 10.3. The van der Waals surface area contributed by atoms with Gasteiger partial charge in [-0.15, -0.1) is 22.7 Å². The molecule has 28 heavy (non-hydrogen) atoms. The van der Waals surface area contributed by atoms with Gasteiger partial charge in [0.25, 0.3) is 10.0 Å². The Kier molecular flexibility index (Phi) is 5.20. The number of nitrogens with one attached hydrogen (secondary N) is 1. The van der Waals surface area contributed by atoms with Crippen LogP contribution in [0.2, 0.25) is 0 Å². The van der Waals surface area contributed by atoms with Gasteiger partial charge in [0.1, 0.15) is 15.6 Å². The molecular formula is C14H11F3N4O4S3. The van der Waals surface area contributed by atoms with Crippen molar-refractivity contribution < 1.29 is 31.5 Å². The van der Waals surface area contributed by atoms with Gasteiger partial charge in [-0.3, -0.25) is 14.2 Å². The van der Waals surface area contributed by atoms with Crippen LogP contribution in [0.3, 0.4) is 0 Å². The highest BCUT2D eigenvalue weighted by molar-refractivity contribution is 7.95. The van der Waals surface area contributed by atoms with Crippen LogP contribution in [0.4, 0.5) is 18.3 Å². The Balaban J connectivity index is 1.83. The molecule has 150 valence electrons. The molecule has 3 rings (SSSR count). The summed E-state index contributed by atoms with van der Waals surface area (Å²) in [7, 11) is -2.89. The minimum absolute atomic E-state index is 0.000678. The van der Waals surface area contributed by atoms with E-state index in [9.17, 15) is 26.4 Å². The molecule has 0 saturated heterocycles. The maximum Gasteiger partial charge on any atom is 0.433 e. The number of thiazole rings is 1. The number of sulfonamides is 1. The summed E-state index contributed by atoms with van der Waals surface area (Å²) in [6.07, 6.45) is -3.61. The number of aryl methyl sites for hydroxylation is 1. The minimum atomic E-state index is -4.58. The molecule has 0 amide bonds. The van der Waals surface area contributed by atoms with Gasteiger partial charge >= 0.3 is 12.1 Å². The molecule has 0 aliphatic carbocycles. The van der Waals surface area contributed by atoms with Crippen molar-refractivity contribution in [3.05, 3.63) is 35.0 Å². The van der Waals surface area contributed by atoms with Gasteiger partial charge in [-0.2, -0.15) is 18.3 Å². The Morgan fingerprint density at radius 3 is 2.64 bits per heavy atom. The molecule has 14 heteroatoms. The Bertz CT molecular complexity index is 1130. The van der Waals surface area contributed by atoms with Crippen molar-refractivity contribution in [3.63, 3.8) is 0 Å². The number of carbonyl (C=O) groups is 1. The number of nitrogens with zero attached hydrogens (tertiary/aromatic N) is 3. The zero-order valence-corrected chi connectivity index (χ0v) is 16.3. The summed E-state index contributed by atoms with van der Waals surface area (Å²) < 4.78 is 66.3. The second kappa shape index (κ2) is 7.18. The van der Waals surface area contributed by atoms with Gasteiger partial charge < -0.3 is 5.11 Å². The van der Waals surface area contributed by atoms with Crippen molar-refractivity contribution in [1.29, 1.82) is 0 Å². The zero-order valence-electron chi connectivity index (χ0n) is 13.9. The molecule has 2 N–H and O–H groups in total. The van der Waals surface area contributed by atoms with Gasteiger partial charge in [0.2, 0.25) is 0 Å². The summed E-state index contributed by atoms with van der Waals surface area (Å²) in [4.78, 5) is 15.1. The molecule has 3 heterocycles. The van der Waals surface area contributed by atoms with Crippen molar-refractivity contribution in [2.75, 3.05) is 4.72 Å². The zero-order chi connectivity index (χ0) is 20.7. The van der Waals surface area contributed by atoms with E-state index in [2.05, 4.69) is 14.8 Å². The summed E-state index contributed by atoms with van der Waals surface area (Å²) in [5.74, 6) is -1.07. The van der Waals surface area contributed by atoms with E-state index in [1.54, 1.807) is 0 Å². The molecule has 0 unspecified atom stereocenters. The monoisotopic (exact) mass is 452 g/mol. The number of thiophene rings is 1. The van der Waals surface area contributed by atoms with Crippen LogP contribution in [-0.4, -0.2) is 34.3 Å². The Morgan fingerprint density at radius 2 is 2.04 bits per heavy atom. The first kappa shape index (κ1) is 20.3. The number of rotatable bonds is 6. The van der Waals surface area contributed by atoms with Crippen molar-refractivity contribution in [2.24, 2.45) is 7.05 Å². The van der Waals surface area contributed by atoms with Crippen molar-refractivity contribution in [2.45, 2.75) is 16.8 Å². The van der Waals surface area contributed by atoms with E-state index in [1.165, 1.54) is 18.3 Å². The molecule has 0 radical (unpaired) electrons. The molecule has 0 fully saturated rings. The predicted octanol–water partition coefficient (Wildman–Crippen LogP) is 3.05. The summed E-state index contributed by atoms with van der Waals surface area (Å²) in [6.45, 7) is 0. The number of carboxylic acid groups (broad SMARTS) is 1. The van der Waals surface area contributed by atoms with Gasteiger partial charge in [-0.05, 0) is 18.2 Å². The first-order valence-electron chi connectivity index (χ1n) is 7.36. The standard InChI is InChI=1S/C14H11F3N4O4S3/c1-21-10(14(15,16)17)5-8(19-21)9-2-3-12(27-9)28(24,25)20-13-18-6-7(26-13)4-11(22)23/h2-3,5-6H,4H2,1H3,(H,18,20)(H,22,23). The summed E-state index contributed by atoms with van der Waals surface area (Å²) in [5, 5.41) is 12.5. The highest BCUT2D eigenvalue weighted by Crippen LogP contribution is 2.35. The second-order valence-corrected chi connectivity index (χ2v) is 9.57. The quantitative estimate of drug-likeness (QED) is 0.594. The van der Waals surface area contributed by atoms with E-state index in [0.29, 0.717) is 9.56 Å². The molecule has 0 spiro atoms. The van der Waals surface area contributed by atoms with Gasteiger partial charge in [-0.1, -0.05) is 0 Å². The maximum atomic E-state index is 12.9. The molecule has 8 nitrogen and oxygen atoms in total. The van der Waals surface area contributed by atoms with Gasteiger partial charge in [0.05, 0.1) is 11.3 Å². The average molecular weight is 452 g/mol. The van der Waals surface area contributed by atoms with Crippen LogP contribution in [0.1, 0.15) is 10.6 Å². The van der Waals surface area contributed by atoms with Crippen LogP contribution in [0.25, 0.3) is 10.6 Å². The Hall–Kier alpha value is -2.45. The number of aliphatic carboxylic acids is 1. The van der Waals surface area contributed by atoms with Crippen LogP contribution >= 0.6 is 22.7 Å². The van der Waals surface area contributed by atoms with Crippen LogP contribution in [0.15, 0.2) is 28.6 Å². The Labute approximate surface area is 164 Å². The van der Waals surface area contributed by atoms with Crippen LogP contribution in [0.5, 0.6) is 0 Å². The molecule has 0 aliphatic rings. The van der Waals surface area contributed by atoms with E-state index >= 15 is 0 Å². The number of hydrogen-bond acceptors (Lipinski definition) is 7. The summed E-state index contributed by atoms with van der Waals surface area (Å²) in [5.41, 5.74) is -0.952. The number of anilines is 1. The lowest BCUT2D eigenvalue weighted by Crippen LogP contribution is -2.11. The summed E-state index contributed by atoms with van der Waals surface area (Å²) >= 11 is 1.63. The predicted molar refractivity (Wildman–Crippen MR) is 95.8 cm³/mol. The van der Waals surface area contributed by atoms with Crippen LogP contribution < -0.4 is 4.72 Å². The van der Waals surface area contributed by atoms with E-state index in [-0.39, 0.29) is 26.3 Å². The van der Waals surface area contributed by atoms with Gasteiger partial charge in [0.15, 0.2) is 5.13 Å². The van der Waals surface area contributed by atoms with Gasteiger partial charge in [0, 0.05) is 18.1 Å². The van der Waals surface area contributed by atoms with E-state index < -0.39 is 27.9 Å². The number of carboxylic acids is 1. The third kappa shape index (κ3) is 4.34. The maximum absolute atomic E-state index is 12.9. The molecule has 0 aliphatic heterocycles. The smallest absolute Gasteiger partial charge is 0.433 e. The highest BCUT2D eigenvalue weighted by atomic mass is 32.2. The van der Waals surface area contributed by atoms with E-state index in [4.69, 9.17) is 5.11 Å². The largest absolute Gasteiger partial charge is 0.481 e. The fourth-order valence-corrected chi connectivity index (χ4v) is 5.51. The first-order chi connectivity index (χ1) is 13.0. The first-order valence-corrected chi connectivity index (χ1v) is 10.5. The van der Waals surface area contributed by atoms with E-state index in [1.807, 2.05) is 0 Å². The van der Waals surface area contributed by atoms with Gasteiger partial charge in [-0.25, -0.2) is 13.4 Å². The molecule has 0 atom stereocenters. The molecule has 3 aromatic heterocycles. The van der Waals surface area contributed by atoms with Crippen molar-refractivity contribution in [1.82, 2.24) is 14.8 Å². The third-order valence-corrected chi connectivity index (χ3v) is 7.35. The third-order valence-electron chi connectivity index (χ3n) is 3.37. The lowest BCUT2D eigenvalue weighted by molar-refractivity contribution is -0.143. The highest BCUT2D eigenvalue weighted by Gasteiger charge is 2.35. The molecule has 3 aromatic rings. The lowest BCUT2D eigenvalue weighted by Gasteiger charge is -2.04. The van der Waals surface area contributed by atoms with Crippen LogP contribution in [0, 0.1) is 0 Å². The molecule has 0 bridgehead atoms. The second-order valence-electron chi connectivity index (χ2n) is 5.46. The van der Waals surface area contributed by atoms with E-state index in [0.717, 1.165) is 35.8 Å². The van der Waals surface area contributed by atoms with Crippen molar-refractivity contribution >= 4 is 43.8 Å². The Morgan fingerprint density at radius 1 is 1.32 bits per heavy atom. The van der Waals surface area contributed by atoms with Crippen molar-refractivity contribution in [3.8, 4) is 10.6 Å². The molecule has 0 aromatic carbocycles.